The summed E-state index contributed by atoms with van der Waals surface area (Å²) in [5.41, 5.74) is 9.71. The largest absolute Gasteiger partial charge is 0.490 e. The minimum atomic E-state index is 0.494. The second-order valence-corrected chi connectivity index (χ2v) is 8.53. The maximum Gasteiger partial charge on any atom is 0.122 e. The van der Waals surface area contributed by atoms with Gasteiger partial charge in [-0.2, -0.15) is 0 Å². The Bertz CT molecular complexity index is 1040. The smallest absolute Gasteiger partial charge is 0.122 e. The average Bonchev–Trinajstić information content (AvgIpc) is 2.77. The monoisotopic (exact) mass is 444 g/mol. The third-order valence-corrected chi connectivity index (χ3v) is 5.65. The van der Waals surface area contributed by atoms with Crippen molar-refractivity contribution in [2.24, 2.45) is 0 Å². The highest BCUT2D eigenvalue weighted by Gasteiger charge is 2.07. The van der Waals surface area contributed by atoms with Gasteiger partial charge in [-0.05, 0) is 86.7 Å². The Morgan fingerprint density at radius 1 is 0.667 bits per heavy atom. The molecule has 0 spiro atoms. The number of benzene rings is 3. The van der Waals surface area contributed by atoms with Gasteiger partial charge in [0, 0.05) is 24.5 Å². The zero-order valence-corrected chi connectivity index (χ0v) is 20.5. The number of aryl methyl sites for hydroxylation is 5. The molecule has 3 aromatic carbocycles. The van der Waals surface area contributed by atoms with Crippen molar-refractivity contribution in [1.82, 2.24) is 0 Å². The zero-order chi connectivity index (χ0) is 23.8. The molecule has 174 valence electrons. The Labute approximate surface area is 198 Å². The van der Waals surface area contributed by atoms with Gasteiger partial charge in [0.1, 0.15) is 24.7 Å². The third kappa shape index (κ3) is 6.79. The number of rotatable bonds is 11. The van der Waals surface area contributed by atoms with Crippen molar-refractivity contribution in [3.8, 4) is 11.5 Å². The molecular weight excluding hydrogens is 408 g/mol. The number of ether oxygens (including phenoxy) is 2. The van der Waals surface area contributed by atoms with Gasteiger partial charge in [-0.1, -0.05) is 42.5 Å². The summed E-state index contributed by atoms with van der Waals surface area (Å²) in [6.45, 7) is 17.1. The van der Waals surface area contributed by atoms with Crippen LogP contribution in [0, 0.1) is 34.6 Å². The first-order valence-electron chi connectivity index (χ1n) is 11.5. The summed E-state index contributed by atoms with van der Waals surface area (Å²) < 4.78 is 11.7. The van der Waals surface area contributed by atoms with Crippen molar-refractivity contribution in [3.05, 3.63) is 88.5 Å². The Morgan fingerprint density at radius 2 is 1.12 bits per heavy atom. The van der Waals surface area contributed by atoms with E-state index in [4.69, 9.17) is 9.47 Å². The van der Waals surface area contributed by atoms with Gasteiger partial charge >= 0.3 is 0 Å². The molecule has 0 fully saturated rings. The standard InChI is InChI=1S/C29H36N2O2/c1-7-25-8-10-26(11-9-25)32-14-15-33-27-18-23(5)29(24(6)19-27)31-13-12-30-28-21(3)16-20(2)17-22(28)4/h7-11,16-19,30-31H,1,12-15H2,2-6H3. The Balaban J connectivity index is 1.46. The molecule has 0 saturated heterocycles. The molecule has 3 rings (SSSR count). The highest BCUT2D eigenvalue weighted by Crippen LogP contribution is 2.26. The van der Waals surface area contributed by atoms with E-state index >= 15 is 0 Å². The summed E-state index contributed by atoms with van der Waals surface area (Å²) in [6, 6.07) is 16.5. The molecule has 3 aromatic rings. The fourth-order valence-electron chi connectivity index (χ4n) is 4.14. The number of hydrogen-bond donors (Lipinski definition) is 2. The molecule has 0 aliphatic rings. The molecule has 2 N–H and O–H groups in total. The molecule has 0 aromatic heterocycles. The van der Waals surface area contributed by atoms with Crippen LogP contribution < -0.4 is 20.1 Å². The quantitative estimate of drug-likeness (QED) is 0.317. The number of nitrogens with one attached hydrogen (secondary N) is 2. The summed E-state index contributed by atoms with van der Waals surface area (Å²) in [4.78, 5) is 0. The molecule has 0 saturated carbocycles. The van der Waals surface area contributed by atoms with Gasteiger partial charge in [-0.25, -0.2) is 0 Å². The predicted octanol–water partition coefficient (Wildman–Crippen LogP) is 6.85. The summed E-state index contributed by atoms with van der Waals surface area (Å²) in [7, 11) is 0. The van der Waals surface area contributed by atoms with Crippen LogP contribution in [0.25, 0.3) is 6.08 Å². The van der Waals surface area contributed by atoms with E-state index in [1.165, 1.54) is 39.2 Å². The first-order chi connectivity index (χ1) is 15.9. The predicted molar refractivity (Wildman–Crippen MR) is 141 cm³/mol. The topological polar surface area (TPSA) is 42.5 Å². The van der Waals surface area contributed by atoms with Crippen LogP contribution in [0.3, 0.4) is 0 Å². The lowest BCUT2D eigenvalue weighted by atomic mass is 10.1. The minimum absolute atomic E-state index is 0.494. The van der Waals surface area contributed by atoms with Gasteiger partial charge in [0.25, 0.3) is 0 Å². The zero-order valence-electron chi connectivity index (χ0n) is 20.5. The van der Waals surface area contributed by atoms with E-state index in [1.807, 2.05) is 30.3 Å². The van der Waals surface area contributed by atoms with Crippen LogP contribution in [0.4, 0.5) is 11.4 Å². The van der Waals surface area contributed by atoms with Crippen LogP contribution in [-0.4, -0.2) is 26.3 Å². The minimum Gasteiger partial charge on any atom is -0.490 e. The molecule has 0 heterocycles. The molecule has 0 radical (unpaired) electrons. The third-order valence-electron chi connectivity index (χ3n) is 5.65. The Morgan fingerprint density at radius 3 is 1.61 bits per heavy atom. The van der Waals surface area contributed by atoms with E-state index in [0.717, 1.165) is 30.2 Å². The van der Waals surface area contributed by atoms with E-state index in [0.29, 0.717) is 13.2 Å². The van der Waals surface area contributed by atoms with Crippen molar-refractivity contribution in [3.63, 3.8) is 0 Å². The van der Waals surface area contributed by atoms with E-state index in [9.17, 15) is 0 Å². The highest BCUT2D eigenvalue weighted by atomic mass is 16.5. The number of anilines is 2. The molecule has 4 heteroatoms. The van der Waals surface area contributed by atoms with E-state index in [1.54, 1.807) is 0 Å². The van der Waals surface area contributed by atoms with Gasteiger partial charge in [-0.3, -0.25) is 0 Å². The molecule has 0 atom stereocenters. The molecule has 0 unspecified atom stereocenters. The normalized spacial score (nSPS) is 10.6. The molecule has 0 aliphatic carbocycles. The van der Waals surface area contributed by atoms with Crippen LogP contribution in [0.2, 0.25) is 0 Å². The van der Waals surface area contributed by atoms with Crippen LogP contribution in [-0.2, 0) is 0 Å². The lowest BCUT2D eigenvalue weighted by molar-refractivity contribution is 0.217. The lowest BCUT2D eigenvalue weighted by Gasteiger charge is -2.17. The van der Waals surface area contributed by atoms with Gasteiger partial charge in [0.15, 0.2) is 0 Å². The van der Waals surface area contributed by atoms with E-state index < -0.39 is 0 Å². The van der Waals surface area contributed by atoms with Crippen molar-refractivity contribution >= 4 is 17.5 Å². The molecule has 0 amide bonds. The fourth-order valence-corrected chi connectivity index (χ4v) is 4.14. The SMILES string of the molecule is C=Cc1ccc(OCCOc2cc(C)c(NCCNc3c(C)cc(C)cc3C)c(C)c2)cc1. The summed E-state index contributed by atoms with van der Waals surface area (Å²) in [6.07, 6.45) is 1.82. The summed E-state index contributed by atoms with van der Waals surface area (Å²) in [5.74, 6) is 1.70. The highest BCUT2D eigenvalue weighted by molar-refractivity contribution is 5.61. The van der Waals surface area contributed by atoms with Crippen molar-refractivity contribution < 1.29 is 9.47 Å². The lowest BCUT2D eigenvalue weighted by Crippen LogP contribution is -2.16. The van der Waals surface area contributed by atoms with Gasteiger partial charge < -0.3 is 20.1 Å². The fraction of sp³-hybridized carbons (Fsp3) is 0.310. The van der Waals surface area contributed by atoms with Gasteiger partial charge in [-0.15, -0.1) is 0 Å². The molecule has 33 heavy (non-hydrogen) atoms. The van der Waals surface area contributed by atoms with Crippen LogP contribution >= 0.6 is 0 Å². The second kappa shape index (κ2) is 11.5. The van der Waals surface area contributed by atoms with Crippen LogP contribution in [0.1, 0.15) is 33.4 Å². The maximum absolute atomic E-state index is 5.93. The first-order valence-corrected chi connectivity index (χ1v) is 11.5. The molecule has 0 aliphatic heterocycles. The van der Waals surface area contributed by atoms with E-state index in [2.05, 4.69) is 76.1 Å². The molecule has 0 bridgehead atoms. The van der Waals surface area contributed by atoms with Crippen molar-refractivity contribution in [2.45, 2.75) is 34.6 Å². The Hall–Kier alpha value is -3.40. The van der Waals surface area contributed by atoms with E-state index in [-0.39, 0.29) is 0 Å². The van der Waals surface area contributed by atoms with Crippen LogP contribution in [0.5, 0.6) is 11.5 Å². The van der Waals surface area contributed by atoms with Crippen LogP contribution in [0.15, 0.2) is 55.1 Å². The average molecular weight is 445 g/mol. The molecule has 4 nitrogen and oxygen atoms in total. The summed E-state index contributed by atoms with van der Waals surface area (Å²) >= 11 is 0. The number of hydrogen-bond acceptors (Lipinski definition) is 4. The Kier molecular flexibility index (Phi) is 8.42. The van der Waals surface area contributed by atoms with Gasteiger partial charge in [0.2, 0.25) is 0 Å². The summed E-state index contributed by atoms with van der Waals surface area (Å²) in [5, 5.41) is 7.15. The first kappa shape index (κ1) is 24.2. The second-order valence-electron chi connectivity index (χ2n) is 8.53. The maximum atomic E-state index is 5.93. The molecular formula is C29H36N2O2. The van der Waals surface area contributed by atoms with Crippen molar-refractivity contribution in [2.75, 3.05) is 36.9 Å². The van der Waals surface area contributed by atoms with Crippen molar-refractivity contribution in [1.29, 1.82) is 0 Å². The van der Waals surface area contributed by atoms with Gasteiger partial charge in [0.05, 0.1) is 0 Å².